The van der Waals surface area contributed by atoms with Gasteiger partial charge in [0.25, 0.3) is 0 Å². The molecule has 1 N–H and O–H groups in total. The lowest BCUT2D eigenvalue weighted by Gasteiger charge is -2.04. The molecule has 17 heavy (non-hydrogen) atoms. The lowest BCUT2D eigenvalue weighted by atomic mass is 10.3. The molecule has 1 amide bonds. The van der Waals surface area contributed by atoms with E-state index in [1.54, 1.807) is 12.4 Å². The number of ether oxygens (including phenoxy) is 1. The summed E-state index contributed by atoms with van der Waals surface area (Å²) in [5, 5.41) is 2.75. The van der Waals surface area contributed by atoms with Crippen LogP contribution < -0.4 is 5.32 Å². The fourth-order valence-electron chi connectivity index (χ4n) is 1.21. The Morgan fingerprint density at radius 3 is 2.82 bits per heavy atom. The summed E-state index contributed by atoms with van der Waals surface area (Å²) in [6.45, 7) is 4.46. The van der Waals surface area contributed by atoms with E-state index in [0.717, 1.165) is 10.6 Å². The normalized spacial score (nSPS) is 10.0. The molecule has 1 aromatic heterocycles. The maximum absolute atomic E-state index is 11.4. The molecule has 1 aromatic rings. The molecule has 0 atom stereocenters. The van der Waals surface area contributed by atoms with Crippen molar-refractivity contribution < 1.29 is 14.3 Å². The van der Waals surface area contributed by atoms with Crippen molar-refractivity contribution in [2.75, 3.05) is 6.61 Å². The first-order valence-corrected chi connectivity index (χ1v) is 6.32. The van der Waals surface area contributed by atoms with Crippen molar-refractivity contribution >= 4 is 23.2 Å². The minimum atomic E-state index is -0.336. The maximum atomic E-state index is 11.4. The zero-order chi connectivity index (χ0) is 12.7. The van der Waals surface area contributed by atoms with Crippen molar-refractivity contribution in [3.05, 3.63) is 16.1 Å². The van der Waals surface area contributed by atoms with Gasteiger partial charge in [0.15, 0.2) is 0 Å². The van der Waals surface area contributed by atoms with E-state index in [9.17, 15) is 9.59 Å². The topological polar surface area (TPSA) is 68.3 Å². The van der Waals surface area contributed by atoms with Gasteiger partial charge >= 0.3 is 5.97 Å². The van der Waals surface area contributed by atoms with Gasteiger partial charge in [0, 0.05) is 11.3 Å². The predicted octanol–water partition coefficient (Wildman–Crippen LogP) is 1.41. The highest BCUT2D eigenvalue weighted by molar-refractivity contribution is 7.09. The Bertz CT molecular complexity index is 390. The molecule has 0 aliphatic rings. The Kier molecular flexibility index (Phi) is 5.62. The maximum Gasteiger partial charge on any atom is 0.306 e. The van der Waals surface area contributed by atoms with E-state index in [2.05, 4.69) is 10.3 Å². The van der Waals surface area contributed by atoms with Crippen LogP contribution in [-0.4, -0.2) is 23.5 Å². The summed E-state index contributed by atoms with van der Waals surface area (Å²) < 4.78 is 4.73. The molecule has 0 bridgehead atoms. The number of esters is 1. The van der Waals surface area contributed by atoms with Crippen molar-refractivity contribution in [1.82, 2.24) is 10.3 Å². The van der Waals surface area contributed by atoms with Gasteiger partial charge in [-0.05, 0) is 13.8 Å². The molecule has 0 saturated heterocycles. The molecule has 0 saturated carbocycles. The number of hydrogen-bond acceptors (Lipinski definition) is 5. The van der Waals surface area contributed by atoms with Crippen molar-refractivity contribution in [2.45, 2.75) is 33.2 Å². The summed E-state index contributed by atoms with van der Waals surface area (Å²) in [5.74, 6) is -0.484. The molecule has 0 aromatic carbocycles. The van der Waals surface area contributed by atoms with Crippen LogP contribution in [0.5, 0.6) is 0 Å². The monoisotopic (exact) mass is 256 g/mol. The first kappa shape index (κ1) is 13.6. The number of aromatic nitrogens is 1. The Balaban J connectivity index is 2.22. The fraction of sp³-hybridized carbons (Fsp3) is 0.545. The van der Waals surface area contributed by atoms with Crippen LogP contribution in [0.2, 0.25) is 0 Å². The van der Waals surface area contributed by atoms with Gasteiger partial charge in [0.1, 0.15) is 0 Å². The lowest BCUT2D eigenvalue weighted by Crippen LogP contribution is -2.23. The summed E-state index contributed by atoms with van der Waals surface area (Å²) >= 11 is 1.51. The number of hydrogen-bond donors (Lipinski definition) is 1. The van der Waals surface area contributed by atoms with Gasteiger partial charge < -0.3 is 10.1 Å². The quantitative estimate of drug-likeness (QED) is 0.781. The molecule has 0 aliphatic carbocycles. The van der Waals surface area contributed by atoms with Crippen molar-refractivity contribution in [3.8, 4) is 0 Å². The van der Waals surface area contributed by atoms with E-state index >= 15 is 0 Å². The third-order valence-corrected chi connectivity index (χ3v) is 3.09. The highest BCUT2D eigenvalue weighted by Gasteiger charge is 2.08. The van der Waals surface area contributed by atoms with Gasteiger partial charge in [-0.15, -0.1) is 11.3 Å². The third kappa shape index (κ3) is 4.95. The van der Waals surface area contributed by atoms with Crippen LogP contribution in [-0.2, 0) is 20.9 Å². The van der Waals surface area contributed by atoms with Crippen LogP contribution in [0.1, 0.15) is 30.3 Å². The average Bonchev–Trinajstić information content (AvgIpc) is 2.70. The van der Waals surface area contributed by atoms with E-state index in [-0.39, 0.29) is 24.7 Å². The molecule has 1 heterocycles. The van der Waals surface area contributed by atoms with E-state index in [1.807, 2.05) is 6.92 Å². The molecule has 0 radical (unpaired) electrons. The van der Waals surface area contributed by atoms with Crippen LogP contribution >= 0.6 is 11.3 Å². The lowest BCUT2D eigenvalue weighted by molar-refractivity contribution is -0.144. The van der Waals surface area contributed by atoms with E-state index < -0.39 is 0 Å². The van der Waals surface area contributed by atoms with E-state index in [1.165, 1.54) is 11.3 Å². The van der Waals surface area contributed by atoms with Crippen LogP contribution in [0.3, 0.4) is 0 Å². The van der Waals surface area contributed by atoms with Gasteiger partial charge in [-0.25, -0.2) is 4.98 Å². The number of carbonyl (C=O) groups is 2. The van der Waals surface area contributed by atoms with Crippen LogP contribution in [0, 0.1) is 6.92 Å². The van der Waals surface area contributed by atoms with Gasteiger partial charge in [0.2, 0.25) is 5.91 Å². The SMILES string of the molecule is CCOC(=O)CCC(=O)NCc1scnc1C. The Morgan fingerprint density at radius 1 is 1.47 bits per heavy atom. The molecular formula is C11H16N2O3S. The average molecular weight is 256 g/mol. The molecule has 0 spiro atoms. The van der Waals surface area contributed by atoms with Gasteiger partial charge in [-0.2, -0.15) is 0 Å². The first-order chi connectivity index (χ1) is 8.13. The van der Waals surface area contributed by atoms with E-state index in [4.69, 9.17) is 4.74 Å². The number of nitrogens with zero attached hydrogens (tertiary/aromatic N) is 1. The summed E-state index contributed by atoms with van der Waals surface area (Å²) in [6, 6.07) is 0. The molecule has 6 heteroatoms. The van der Waals surface area contributed by atoms with E-state index in [0.29, 0.717) is 13.2 Å². The fourth-order valence-corrected chi connectivity index (χ4v) is 1.93. The second-order valence-corrected chi connectivity index (χ2v) is 4.38. The number of nitrogens with one attached hydrogen (secondary N) is 1. The summed E-state index contributed by atoms with van der Waals surface area (Å²) in [7, 11) is 0. The predicted molar refractivity (Wildman–Crippen MR) is 64.6 cm³/mol. The van der Waals surface area contributed by atoms with Gasteiger partial charge in [0.05, 0.1) is 30.8 Å². The van der Waals surface area contributed by atoms with Crippen molar-refractivity contribution in [3.63, 3.8) is 0 Å². The molecule has 94 valence electrons. The molecule has 1 rings (SSSR count). The Hall–Kier alpha value is -1.43. The molecule has 0 aliphatic heterocycles. The summed E-state index contributed by atoms with van der Waals surface area (Å²) in [6.07, 6.45) is 0.290. The van der Waals surface area contributed by atoms with Crippen molar-refractivity contribution in [1.29, 1.82) is 0 Å². The van der Waals surface area contributed by atoms with Crippen LogP contribution in [0.25, 0.3) is 0 Å². The molecule has 0 fully saturated rings. The largest absolute Gasteiger partial charge is 0.466 e. The van der Waals surface area contributed by atoms with Gasteiger partial charge in [-0.3, -0.25) is 9.59 Å². The molecule has 0 unspecified atom stereocenters. The number of aryl methyl sites for hydroxylation is 1. The minimum absolute atomic E-state index is 0.126. The second kappa shape index (κ2) is 7.01. The number of carbonyl (C=O) groups excluding carboxylic acids is 2. The van der Waals surface area contributed by atoms with Gasteiger partial charge in [-0.1, -0.05) is 0 Å². The standard InChI is InChI=1S/C11H16N2O3S/c1-3-16-11(15)5-4-10(14)12-6-9-8(2)13-7-17-9/h7H,3-6H2,1-2H3,(H,12,14). The number of thiazole rings is 1. The minimum Gasteiger partial charge on any atom is -0.466 e. The summed E-state index contributed by atoms with van der Waals surface area (Å²) in [4.78, 5) is 27.6. The van der Waals surface area contributed by atoms with Crippen molar-refractivity contribution in [2.24, 2.45) is 0 Å². The van der Waals surface area contributed by atoms with Crippen LogP contribution in [0.15, 0.2) is 5.51 Å². The number of amides is 1. The smallest absolute Gasteiger partial charge is 0.306 e. The summed E-state index contributed by atoms with van der Waals surface area (Å²) in [5.41, 5.74) is 2.68. The highest BCUT2D eigenvalue weighted by atomic mass is 32.1. The third-order valence-electron chi connectivity index (χ3n) is 2.15. The zero-order valence-corrected chi connectivity index (χ0v) is 10.8. The molecular weight excluding hydrogens is 240 g/mol. The zero-order valence-electron chi connectivity index (χ0n) is 9.99. The van der Waals surface area contributed by atoms with Crippen LogP contribution in [0.4, 0.5) is 0 Å². The first-order valence-electron chi connectivity index (χ1n) is 5.44. The number of rotatable bonds is 6. The highest BCUT2D eigenvalue weighted by Crippen LogP contribution is 2.11. The Morgan fingerprint density at radius 2 is 2.24 bits per heavy atom. The molecule has 5 nitrogen and oxygen atoms in total. The second-order valence-electron chi connectivity index (χ2n) is 3.44. The Labute approximate surface area is 104 Å².